The molecule has 0 aliphatic carbocycles. The van der Waals surface area contributed by atoms with E-state index in [2.05, 4.69) is 0 Å². The van der Waals surface area contributed by atoms with Crippen molar-refractivity contribution in [2.45, 2.75) is 17.7 Å². The lowest BCUT2D eigenvalue weighted by Crippen LogP contribution is -2.41. The monoisotopic (exact) mass is 648 g/mol. The molecule has 0 saturated carbocycles. The van der Waals surface area contributed by atoms with Crippen LogP contribution in [0.1, 0.15) is 24.0 Å². The number of nitrogens with two attached hydrogens (primary N) is 1. The van der Waals surface area contributed by atoms with Crippen LogP contribution in [0.4, 0.5) is 8.78 Å². The Morgan fingerprint density at radius 1 is 1.02 bits per heavy atom. The number of hydrogen-bond acceptors (Lipinski definition) is 7. The minimum atomic E-state index is -4.59. The van der Waals surface area contributed by atoms with Crippen LogP contribution in [-0.4, -0.2) is 25.6 Å². The molecule has 7 nitrogen and oxygen atoms in total. The summed E-state index contributed by atoms with van der Waals surface area (Å²) in [6.45, 7) is 1.40. The zero-order chi connectivity index (χ0) is 30.3. The van der Waals surface area contributed by atoms with E-state index in [9.17, 15) is 22.4 Å². The Labute approximate surface area is 252 Å². The molecule has 3 aromatic carbocycles. The van der Waals surface area contributed by atoms with Crippen molar-refractivity contribution in [1.29, 1.82) is 0 Å². The molecule has 1 atom stereocenters. The summed E-state index contributed by atoms with van der Waals surface area (Å²) in [5.41, 5.74) is 4.77. The van der Waals surface area contributed by atoms with Crippen LogP contribution in [0.15, 0.2) is 81.3 Å². The molecule has 1 aliphatic heterocycles. The normalized spacial score (nSPS) is 15.6. The summed E-state index contributed by atoms with van der Waals surface area (Å²) in [6, 6.07) is 14.8. The second-order valence-electron chi connectivity index (χ2n) is 8.96. The molecule has 2 N–H and O–H groups in total. The lowest BCUT2D eigenvalue weighted by molar-refractivity contribution is -0.136. The van der Waals surface area contributed by atoms with Gasteiger partial charge in [-0.25, -0.2) is 22.0 Å². The van der Waals surface area contributed by atoms with Crippen LogP contribution in [-0.2, 0) is 19.4 Å². The van der Waals surface area contributed by atoms with Crippen molar-refractivity contribution in [3.05, 3.63) is 124 Å². The SMILES string of the molecule is CCOC(=O)C1=c2sc(=Cc3c(F)cccc3Cl)c(=O)n2C(N)=C(S(=O)(=O)c2ccccc2)C1c1c(F)cccc1Cl. The highest BCUT2D eigenvalue weighted by Gasteiger charge is 2.44. The molecule has 42 heavy (non-hydrogen) atoms. The van der Waals surface area contributed by atoms with Crippen molar-refractivity contribution in [2.75, 3.05) is 6.61 Å². The molecule has 216 valence electrons. The van der Waals surface area contributed by atoms with Gasteiger partial charge in [0.1, 0.15) is 27.0 Å². The first kappa shape index (κ1) is 29.7. The average Bonchev–Trinajstić information content (AvgIpc) is 3.27. The molecule has 1 aromatic heterocycles. The number of allylic oxidation sites excluding steroid dienone is 1. The minimum Gasteiger partial charge on any atom is -0.463 e. The number of carbonyl (C=O) groups excluding carboxylic acids is 1. The number of thiazole rings is 1. The van der Waals surface area contributed by atoms with Gasteiger partial charge in [-0.1, -0.05) is 53.5 Å². The molecule has 1 unspecified atom stereocenters. The molecular weight excluding hydrogens is 629 g/mol. The number of ether oxygens (including phenoxy) is 1. The molecule has 0 spiro atoms. The van der Waals surface area contributed by atoms with Crippen LogP contribution >= 0.6 is 34.5 Å². The summed E-state index contributed by atoms with van der Waals surface area (Å²) in [4.78, 5) is 26.5. The molecule has 13 heteroatoms. The summed E-state index contributed by atoms with van der Waals surface area (Å²) in [6.07, 6.45) is 1.17. The van der Waals surface area contributed by atoms with Crippen LogP contribution < -0.4 is 20.5 Å². The van der Waals surface area contributed by atoms with Crippen molar-refractivity contribution in [3.63, 3.8) is 0 Å². The Balaban J connectivity index is 1.99. The van der Waals surface area contributed by atoms with E-state index >= 15 is 4.39 Å². The maximum absolute atomic E-state index is 15.5. The highest BCUT2D eigenvalue weighted by atomic mass is 35.5. The molecule has 2 heterocycles. The zero-order valence-corrected chi connectivity index (χ0v) is 24.8. The number of nitrogens with zero attached hydrogens (tertiary/aromatic N) is 1. The third-order valence-electron chi connectivity index (χ3n) is 6.50. The quantitative estimate of drug-likeness (QED) is 0.311. The predicted octanol–water partition coefficient (Wildman–Crippen LogP) is 4.39. The van der Waals surface area contributed by atoms with E-state index in [1.54, 1.807) is 6.07 Å². The molecule has 0 amide bonds. The summed E-state index contributed by atoms with van der Waals surface area (Å²) in [7, 11) is -4.59. The standard InChI is InChI=1S/C29H20Cl2F2N2O5S2/c1-2-40-29(37)24-23(22-18(31)11-7-13-20(22)33)25(42(38,39)15-8-4-3-5-9-15)26(34)35-27(36)21(41-28(24)35)14-16-17(30)10-6-12-19(16)32/h3-14,23H,2,34H2,1H3. The largest absolute Gasteiger partial charge is 0.463 e. The van der Waals surface area contributed by atoms with Gasteiger partial charge in [0.2, 0.25) is 9.84 Å². The molecule has 4 aromatic rings. The average molecular weight is 650 g/mol. The maximum atomic E-state index is 15.5. The fraction of sp³-hybridized carbons (Fsp3) is 0.103. The van der Waals surface area contributed by atoms with Gasteiger partial charge in [0.15, 0.2) is 0 Å². The van der Waals surface area contributed by atoms with Gasteiger partial charge in [0.05, 0.1) is 32.5 Å². The summed E-state index contributed by atoms with van der Waals surface area (Å²) < 4.78 is 64.4. The second-order valence-corrected chi connectivity index (χ2v) is 12.7. The van der Waals surface area contributed by atoms with Crippen LogP contribution in [0, 0.1) is 11.6 Å². The van der Waals surface area contributed by atoms with Gasteiger partial charge in [0, 0.05) is 16.1 Å². The number of hydrogen-bond donors (Lipinski definition) is 1. The van der Waals surface area contributed by atoms with Crippen LogP contribution in [0.25, 0.3) is 17.5 Å². The fourth-order valence-corrected chi connectivity index (χ4v) is 7.99. The number of carbonyl (C=O) groups is 1. The third kappa shape index (κ3) is 4.96. The lowest BCUT2D eigenvalue weighted by Gasteiger charge is -2.28. The number of aromatic nitrogens is 1. The lowest BCUT2D eigenvalue weighted by atomic mass is 9.89. The number of benzene rings is 3. The van der Waals surface area contributed by atoms with Gasteiger partial charge in [-0.15, -0.1) is 11.3 Å². The smallest absolute Gasteiger partial charge is 0.338 e. The van der Waals surface area contributed by atoms with Gasteiger partial charge >= 0.3 is 5.97 Å². The van der Waals surface area contributed by atoms with Crippen LogP contribution in [0.5, 0.6) is 0 Å². The highest BCUT2D eigenvalue weighted by molar-refractivity contribution is 7.95. The Bertz CT molecular complexity index is 2030. The Hall–Kier alpha value is -3.77. The first-order valence-corrected chi connectivity index (χ1v) is 15.4. The predicted molar refractivity (Wildman–Crippen MR) is 158 cm³/mol. The van der Waals surface area contributed by atoms with Crippen molar-refractivity contribution in [1.82, 2.24) is 4.57 Å². The molecular formula is C29H20Cl2F2N2O5S2. The van der Waals surface area contributed by atoms with Crippen LogP contribution in [0.3, 0.4) is 0 Å². The van der Waals surface area contributed by atoms with E-state index in [1.165, 1.54) is 61.5 Å². The van der Waals surface area contributed by atoms with E-state index in [0.29, 0.717) is 11.3 Å². The molecule has 0 saturated heterocycles. The molecule has 0 radical (unpaired) electrons. The van der Waals surface area contributed by atoms with E-state index in [4.69, 9.17) is 33.7 Å². The first-order valence-electron chi connectivity index (χ1n) is 12.3. The first-order chi connectivity index (χ1) is 20.0. The second kappa shape index (κ2) is 11.5. The van der Waals surface area contributed by atoms with Gasteiger partial charge in [-0.3, -0.25) is 9.36 Å². The van der Waals surface area contributed by atoms with E-state index < -0.39 is 49.6 Å². The zero-order valence-electron chi connectivity index (χ0n) is 21.6. The third-order valence-corrected chi connectivity index (χ3v) is 10.2. The van der Waals surface area contributed by atoms with Crippen molar-refractivity contribution < 1.29 is 26.7 Å². The Morgan fingerprint density at radius 2 is 1.67 bits per heavy atom. The number of sulfone groups is 1. The Kier molecular flexibility index (Phi) is 8.13. The van der Waals surface area contributed by atoms with Crippen molar-refractivity contribution in [3.8, 4) is 0 Å². The van der Waals surface area contributed by atoms with E-state index in [0.717, 1.165) is 16.7 Å². The Morgan fingerprint density at radius 3 is 2.29 bits per heavy atom. The van der Waals surface area contributed by atoms with Gasteiger partial charge in [-0.05, 0) is 49.4 Å². The summed E-state index contributed by atoms with van der Waals surface area (Å²) in [5.74, 6) is -4.95. The van der Waals surface area contributed by atoms with E-state index in [-0.39, 0.29) is 47.4 Å². The topological polar surface area (TPSA) is 108 Å². The van der Waals surface area contributed by atoms with Crippen molar-refractivity contribution in [2.24, 2.45) is 5.73 Å². The number of rotatable bonds is 6. The van der Waals surface area contributed by atoms with Crippen LogP contribution in [0.2, 0.25) is 10.0 Å². The fourth-order valence-electron chi connectivity index (χ4n) is 4.67. The minimum absolute atomic E-state index is 0.00670. The molecule has 1 aliphatic rings. The molecule has 0 bridgehead atoms. The number of esters is 1. The van der Waals surface area contributed by atoms with Gasteiger partial charge in [0.25, 0.3) is 5.56 Å². The maximum Gasteiger partial charge on any atom is 0.338 e. The molecule has 0 fully saturated rings. The summed E-state index contributed by atoms with van der Waals surface area (Å²) in [5, 5.41) is -0.181. The number of halogens is 4. The van der Waals surface area contributed by atoms with Gasteiger partial charge < -0.3 is 10.5 Å². The van der Waals surface area contributed by atoms with Crippen molar-refractivity contribution >= 4 is 67.8 Å². The summed E-state index contributed by atoms with van der Waals surface area (Å²) >= 11 is 13.3. The molecule has 5 rings (SSSR count). The number of fused-ring (bicyclic) bond motifs is 1. The van der Waals surface area contributed by atoms with E-state index in [1.807, 2.05) is 0 Å². The highest BCUT2D eigenvalue weighted by Crippen LogP contribution is 2.45. The van der Waals surface area contributed by atoms with Gasteiger partial charge in [-0.2, -0.15) is 0 Å².